The third kappa shape index (κ3) is 2.54. The summed E-state index contributed by atoms with van der Waals surface area (Å²) < 4.78 is 5.72. The third-order valence-electron chi connectivity index (χ3n) is 2.33. The van der Waals surface area contributed by atoms with Crippen molar-refractivity contribution in [3.63, 3.8) is 0 Å². The quantitative estimate of drug-likeness (QED) is 0.772. The van der Waals surface area contributed by atoms with Crippen molar-refractivity contribution in [1.82, 2.24) is 0 Å². The van der Waals surface area contributed by atoms with Gasteiger partial charge in [0.2, 0.25) is 0 Å². The molecule has 0 aliphatic rings. The first kappa shape index (κ1) is 10.6. The van der Waals surface area contributed by atoms with Crippen molar-refractivity contribution >= 4 is 5.69 Å². The van der Waals surface area contributed by atoms with Crippen molar-refractivity contribution < 1.29 is 4.74 Å². The van der Waals surface area contributed by atoms with E-state index in [1.54, 1.807) is 0 Å². The molecule has 2 aromatic rings. The molecule has 0 spiro atoms. The van der Waals surface area contributed by atoms with Crippen molar-refractivity contribution in [2.75, 3.05) is 5.73 Å². The van der Waals surface area contributed by atoms with Crippen LogP contribution in [0.15, 0.2) is 42.5 Å². The average molecular weight is 213 g/mol. The molecule has 16 heavy (non-hydrogen) atoms. The highest BCUT2D eigenvalue weighted by Crippen LogP contribution is 2.24. The van der Waals surface area contributed by atoms with Crippen molar-refractivity contribution in [3.05, 3.63) is 53.6 Å². The zero-order valence-corrected chi connectivity index (χ0v) is 9.53. The van der Waals surface area contributed by atoms with Gasteiger partial charge in [0.15, 0.2) is 0 Å². The molecule has 2 N–H and O–H groups in total. The van der Waals surface area contributed by atoms with Crippen LogP contribution in [0.4, 0.5) is 5.69 Å². The number of ether oxygens (including phenoxy) is 1. The molecule has 0 saturated heterocycles. The van der Waals surface area contributed by atoms with Gasteiger partial charge in [0.25, 0.3) is 0 Å². The fourth-order valence-electron chi connectivity index (χ4n) is 1.58. The zero-order valence-electron chi connectivity index (χ0n) is 9.53. The maximum Gasteiger partial charge on any atom is 0.129 e. The average Bonchev–Trinajstić information content (AvgIpc) is 2.20. The summed E-state index contributed by atoms with van der Waals surface area (Å²) in [5, 5.41) is 0. The molecule has 0 aliphatic carbocycles. The van der Waals surface area contributed by atoms with Crippen LogP contribution in [0.25, 0.3) is 0 Å². The predicted octanol–water partition coefficient (Wildman–Crippen LogP) is 3.68. The third-order valence-corrected chi connectivity index (χ3v) is 2.33. The summed E-state index contributed by atoms with van der Waals surface area (Å²) in [5.74, 6) is 1.61. The smallest absolute Gasteiger partial charge is 0.129 e. The molecule has 0 atom stereocenters. The van der Waals surface area contributed by atoms with Gasteiger partial charge in [0, 0.05) is 11.8 Å². The van der Waals surface area contributed by atoms with Crippen LogP contribution in [-0.2, 0) is 0 Å². The number of hydrogen-bond acceptors (Lipinski definition) is 2. The van der Waals surface area contributed by atoms with Crippen molar-refractivity contribution in [2.45, 2.75) is 13.8 Å². The van der Waals surface area contributed by atoms with Gasteiger partial charge in [-0.25, -0.2) is 0 Å². The molecule has 2 heteroatoms. The number of rotatable bonds is 2. The summed E-state index contributed by atoms with van der Waals surface area (Å²) in [6.45, 7) is 4.05. The van der Waals surface area contributed by atoms with E-state index in [0.29, 0.717) is 0 Å². The lowest BCUT2D eigenvalue weighted by Crippen LogP contribution is -1.89. The molecule has 0 heterocycles. The Morgan fingerprint density at radius 1 is 0.812 bits per heavy atom. The molecule has 0 amide bonds. The van der Waals surface area contributed by atoms with Crippen molar-refractivity contribution in [1.29, 1.82) is 0 Å². The Morgan fingerprint density at radius 3 is 2.12 bits per heavy atom. The second kappa shape index (κ2) is 4.27. The van der Waals surface area contributed by atoms with E-state index < -0.39 is 0 Å². The van der Waals surface area contributed by atoms with E-state index in [9.17, 15) is 0 Å². The lowest BCUT2D eigenvalue weighted by molar-refractivity contribution is 0.482. The summed E-state index contributed by atoms with van der Waals surface area (Å²) in [6.07, 6.45) is 0. The summed E-state index contributed by atoms with van der Waals surface area (Å²) >= 11 is 0. The second-order valence-electron chi connectivity index (χ2n) is 3.99. The van der Waals surface area contributed by atoms with Crippen LogP contribution >= 0.6 is 0 Å². The molecular formula is C14H15NO. The first-order valence-electron chi connectivity index (χ1n) is 5.25. The van der Waals surface area contributed by atoms with Gasteiger partial charge in [-0.2, -0.15) is 0 Å². The Balaban J connectivity index is 2.23. The molecule has 0 saturated carbocycles. The first-order valence-corrected chi connectivity index (χ1v) is 5.25. The molecule has 2 rings (SSSR count). The van der Waals surface area contributed by atoms with E-state index in [4.69, 9.17) is 10.5 Å². The molecule has 2 aromatic carbocycles. The summed E-state index contributed by atoms with van der Waals surface area (Å²) in [5.41, 5.74) is 8.80. The predicted molar refractivity (Wildman–Crippen MR) is 66.8 cm³/mol. The SMILES string of the molecule is Cc1ccc(Oc2cc(C)cc(N)c2)cc1. The van der Waals surface area contributed by atoms with Gasteiger partial charge in [0.1, 0.15) is 11.5 Å². The number of anilines is 1. The molecule has 0 radical (unpaired) electrons. The molecule has 2 nitrogen and oxygen atoms in total. The number of benzene rings is 2. The topological polar surface area (TPSA) is 35.2 Å². The van der Waals surface area contributed by atoms with Gasteiger partial charge in [-0.1, -0.05) is 17.7 Å². The molecule has 0 fully saturated rings. The normalized spacial score (nSPS) is 10.1. The number of hydrogen-bond donors (Lipinski definition) is 1. The molecule has 0 bridgehead atoms. The van der Waals surface area contributed by atoms with Gasteiger partial charge < -0.3 is 10.5 Å². The summed E-state index contributed by atoms with van der Waals surface area (Å²) in [4.78, 5) is 0. The van der Waals surface area contributed by atoms with Crippen LogP contribution in [0, 0.1) is 13.8 Å². The standard InChI is InChI=1S/C14H15NO/c1-10-3-5-13(6-4-10)16-14-8-11(2)7-12(15)9-14/h3-9H,15H2,1-2H3. The highest BCUT2D eigenvalue weighted by Gasteiger charge is 1.99. The van der Waals surface area contributed by atoms with Gasteiger partial charge in [-0.15, -0.1) is 0 Å². The van der Waals surface area contributed by atoms with E-state index in [0.717, 1.165) is 22.7 Å². The van der Waals surface area contributed by atoms with E-state index in [-0.39, 0.29) is 0 Å². The molecule has 0 unspecified atom stereocenters. The minimum absolute atomic E-state index is 0.724. The fraction of sp³-hybridized carbons (Fsp3) is 0.143. The highest BCUT2D eigenvalue weighted by molar-refractivity contribution is 5.48. The Hall–Kier alpha value is -1.96. The van der Waals surface area contributed by atoms with E-state index in [1.807, 2.05) is 49.4 Å². The zero-order chi connectivity index (χ0) is 11.5. The van der Waals surface area contributed by atoms with Crippen molar-refractivity contribution in [3.8, 4) is 11.5 Å². The van der Waals surface area contributed by atoms with Crippen LogP contribution in [0.5, 0.6) is 11.5 Å². The van der Waals surface area contributed by atoms with Crippen LogP contribution in [0.3, 0.4) is 0 Å². The van der Waals surface area contributed by atoms with Crippen LogP contribution in [-0.4, -0.2) is 0 Å². The fourth-order valence-corrected chi connectivity index (χ4v) is 1.58. The Morgan fingerprint density at radius 2 is 1.50 bits per heavy atom. The lowest BCUT2D eigenvalue weighted by Gasteiger charge is -2.07. The van der Waals surface area contributed by atoms with Crippen LogP contribution in [0.1, 0.15) is 11.1 Å². The van der Waals surface area contributed by atoms with E-state index in [1.165, 1.54) is 5.56 Å². The number of nitrogen functional groups attached to an aromatic ring is 1. The van der Waals surface area contributed by atoms with Gasteiger partial charge in [-0.3, -0.25) is 0 Å². The van der Waals surface area contributed by atoms with Gasteiger partial charge in [-0.05, 0) is 43.7 Å². The van der Waals surface area contributed by atoms with E-state index >= 15 is 0 Å². The monoisotopic (exact) mass is 213 g/mol. The number of aryl methyl sites for hydroxylation is 2. The first-order chi connectivity index (χ1) is 7.63. The lowest BCUT2D eigenvalue weighted by atomic mass is 10.2. The van der Waals surface area contributed by atoms with Gasteiger partial charge >= 0.3 is 0 Å². The summed E-state index contributed by atoms with van der Waals surface area (Å²) in [7, 11) is 0. The van der Waals surface area contributed by atoms with Crippen molar-refractivity contribution in [2.24, 2.45) is 0 Å². The second-order valence-corrected chi connectivity index (χ2v) is 3.99. The highest BCUT2D eigenvalue weighted by atomic mass is 16.5. The molecular weight excluding hydrogens is 198 g/mol. The minimum Gasteiger partial charge on any atom is -0.457 e. The Bertz CT molecular complexity index is 468. The minimum atomic E-state index is 0.724. The van der Waals surface area contributed by atoms with Crippen LogP contribution < -0.4 is 10.5 Å². The van der Waals surface area contributed by atoms with Gasteiger partial charge in [0.05, 0.1) is 0 Å². The number of nitrogens with two attached hydrogens (primary N) is 1. The molecule has 0 aromatic heterocycles. The maximum absolute atomic E-state index is 5.76. The Labute approximate surface area is 95.7 Å². The van der Waals surface area contributed by atoms with Crippen LogP contribution in [0.2, 0.25) is 0 Å². The maximum atomic E-state index is 5.76. The Kier molecular flexibility index (Phi) is 2.82. The molecule has 82 valence electrons. The largest absolute Gasteiger partial charge is 0.457 e. The molecule has 0 aliphatic heterocycles. The van der Waals surface area contributed by atoms with E-state index in [2.05, 4.69) is 6.92 Å². The summed E-state index contributed by atoms with van der Waals surface area (Å²) in [6, 6.07) is 13.7.